The second-order valence-corrected chi connectivity index (χ2v) is 5.43. The molecule has 0 unspecified atom stereocenters. The van der Waals surface area contributed by atoms with Crippen LogP contribution in [-0.4, -0.2) is 24.2 Å². The SMILES string of the molecule is O=C(NCCO)c1ccc(OCc2cccc3ccccc23)cc1. The highest BCUT2D eigenvalue weighted by atomic mass is 16.5. The third kappa shape index (κ3) is 3.73. The number of benzene rings is 3. The van der Waals surface area contributed by atoms with E-state index in [2.05, 4.69) is 29.6 Å². The summed E-state index contributed by atoms with van der Waals surface area (Å²) in [5, 5.41) is 13.7. The first kappa shape index (κ1) is 16.0. The van der Waals surface area contributed by atoms with E-state index in [1.165, 1.54) is 10.8 Å². The minimum Gasteiger partial charge on any atom is -0.489 e. The Hall–Kier alpha value is -2.85. The van der Waals surface area contributed by atoms with Crippen LogP contribution < -0.4 is 10.1 Å². The second-order valence-electron chi connectivity index (χ2n) is 5.43. The third-order valence-corrected chi connectivity index (χ3v) is 3.79. The molecule has 0 saturated carbocycles. The van der Waals surface area contributed by atoms with Crippen LogP contribution in [0.1, 0.15) is 15.9 Å². The van der Waals surface area contributed by atoms with E-state index in [0.717, 1.165) is 5.56 Å². The van der Waals surface area contributed by atoms with Crippen LogP contribution in [-0.2, 0) is 6.61 Å². The average Bonchev–Trinajstić information content (AvgIpc) is 2.64. The van der Waals surface area contributed by atoms with Crippen LogP contribution in [0.25, 0.3) is 10.8 Å². The van der Waals surface area contributed by atoms with Gasteiger partial charge in [0.05, 0.1) is 6.61 Å². The molecule has 3 aromatic rings. The number of carbonyl (C=O) groups excluding carboxylic acids is 1. The van der Waals surface area contributed by atoms with E-state index in [-0.39, 0.29) is 19.1 Å². The molecule has 1 amide bonds. The Morgan fingerprint density at radius 1 is 0.958 bits per heavy atom. The third-order valence-electron chi connectivity index (χ3n) is 3.79. The van der Waals surface area contributed by atoms with Gasteiger partial charge in [-0.1, -0.05) is 42.5 Å². The van der Waals surface area contributed by atoms with Crippen LogP contribution in [0.3, 0.4) is 0 Å². The molecule has 0 aromatic heterocycles. The van der Waals surface area contributed by atoms with Crippen LogP contribution in [0.2, 0.25) is 0 Å². The van der Waals surface area contributed by atoms with Gasteiger partial charge in [0.2, 0.25) is 0 Å². The molecular formula is C20H19NO3. The summed E-state index contributed by atoms with van der Waals surface area (Å²) in [6, 6.07) is 21.3. The fourth-order valence-corrected chi connectivity index (χ4v) is 2.55. The van der Waals surface area contributed by atoms with Gasteiger partial charge in [-0.25, -0.2) is 0 Å². The van der Waals surface area contributed by atoms with Crippen molar-refractivity contribution in [3.63, 3.8) is 0 Å². The van der Waals surface area contributed by atoms with Gasteiger partial charge in [0.15, 0.2) is 0 Å². The van der Waals surface area contributed by atoms with Crippen molar-refractivity contribution < 1.29 is 14.6 Å². The Labute approximate surface area is 140 Å². The largest absolute Gasteiger partial charge is 0.489 e. The summed E-state index contributed by atoms with van der Waals surface area (Å²) in [7, 11) is 0. The van der Waals surface area contributed by atoms with E-state index in [4.69, 9.17) is 9.84 Å². The van der Waals surface area contributed by atoms with Gasteiger partial charge >= 0.3 is 0 Å². The number of rotatable bonds is 6. The Morgan fingerprint density at radius 2 is 1.71 bits per heavy atom. The minimum absolute atomic E-state index is 0.0715. The van der Waals surface area contributed by atoms with Crippen molar-refractivity contribution in [2.24, 2.45) is 0 Å². The first-order valence-electron chi connectivity index (χ1n) is 7.86. The number of aliphatic hydroxyl groups is 1. The first-order chi connectivity index (χ1) is 11.8. The highest BCUT2D eigenvalue weighted by molar-refractivity contribution is 5.94. The van der Waals surface area contributed by atoms with Crippen LogP contribution in [0.5, 0.6) is 5.75 Å². The van der Waals surface area contributed by atoms with Crippen molar-refractivity contribution in [2.45, 2.75) is 6.61 Å². The maximum atomic E-state index is 11.8. The number of fused-ring (bicyclic) bond motifs is 1. The fraction of sp³-hybridized carbons (Fsp3) is 0.150. The lowest BCUT2D eigenvalue weighted by Crippen LogP contribution is -2.26. The van der Waals surface area contributed by atoms with Crippen molar-refractivity contribution in [3.05, 3.63) is 77.9 Å². The molecule has 24 heavy (non-hydrogen) atoms. The smallest absolute Gasteiger partial charge is 0.251 e. The molecule has 4 nitrogen and oxygen atoms in total. The van der Waals surface area contributed by atoms with Crippen LogP contribution >= 0.6 is 0 Å². The monoisotopic (exact) mass is 321 g/mol. The summed E-state index contributed by atoms with van der Waals surface area (Å²) < 4.78 is 5.84. The van der Waals surface area contributed by atoms with Gasteiger partial charge in [0.1, 0.15) is 12.4 Å². The summed E-state index contributed by atoms with van der Waals surface area (Å²) in [5.74, 6) is 0.506. The van der Waals surface area contributed by atoms with Crippen molar-refractivity contribution in [1.82, 2.24) is 5.32 Å². The molecule has 4 heteroatoms. The summed E-state index contributed by atoms with van der Waals surface area (Å²) in [6.45, 7) is 0.646. The predicted octanol–water partition coefficient (Wildman–Crippen LogP) is 3.14. The van der Waals surface area contributed by atoms with E-state index in [0.29, 0.717) is 17.9 Å². The van der Waals surface area contributed by atoms with Gasteiger partial charge in [-0.15, -0.1) is 0 Å². The van der Waals surface area contributed by atoms with Crippen molar-refractivity contribution in [3.8, 4) is 5.75 Å². The molecule has 0 heterocycles. The van der Waals surface area contributed by atoms with Crippen molar-refractivity contribution in [1.29, 1.82) is 0 Å². The number of nitrogens with one attached hydrogen (secondary N) is 1. The van der Waals surface area contributed by atoms with E-state index in [1.54, 1.807) is 24.3 Å². The molecule has 3 aromatic carbocycles. The molecule has 3 rings (SSSR count). The zero-order valence-electron chi connectivity index (χ0n) is 13.2. The van der Waals surface area contributed by atoms with Gasteiger partial charge in [-0.2, -0.15) is 0 Å². The number of amides is 1. The topological polar surface area (TPSA) is 58.6 Å². The highest BCUT2D eigenvalue weighted by Gasteiger charge is 2.05. The second kappa shape index (κ2) is 7.62. The van der Waals surface area contributed by atoms with E-state index in [9.17, 15) is 4.79 Å². The zero-order chi connectivity index (χ0) is 16.8. The quantitative estimate of drug-likeness (QED) is 0.733. The molecule has 2 N–H and O–H groups in total. The minimum atomic E-state index is -0.204. The van der Waals surface area contributed by atoms with E-state index in [1.807, 2.05) is 18.2 Å². The molecular weight excluding hydrogens is 302 g/mol. The lowest BCUT2D eigenvalue weighted by atomic mass is 10.1. The van der Waals surface area contributed by atoms with Gasteiger partial charge in [0, 0.05) is 12.1 Å². The molecule has 122 valence electrons. The predicted molar refractivity (Wildman–Crippen MR) is 94.1 cm³/mol. The van der Waals surface area contributed by atoms with Gasteiger partial charge < -0.3 is 15.2 Å². The lowest BCUT2D eigenvalue weighted by Gasteiger charge is -2.10. The van der Waals surface area contributed by atoms with E-state index >= 15 is 0 Å². The van der Waals surface area contributed by atoms with Gasteiger partial charge in [-0.05, 0) is 40.6 Å². The number of hydrogen-bond acceptors (Lipinski definition) is 3. The molecule has 0 spiro atoms. The van der Waals surface area contributed by atoms with Gasteiger partial charge in [-0.3, -0.25) is 4.79 Å². The normalized spacial score (nSPS) is 10.5. The number of aliphatic hydroxyl groups excluding tert-OH is 1. The molecule has 0 atom stereocenters. The first-order valence-corrected chi connectivity index (χ1v) is 7.86. The maximum absolute atomic E-state index is 11.8. The van der Waals surface area contributed by atoms with Gasteiger partial charge in [0.25, 0.3) is 5.91 Å². The van der Waals surface area contributed by atoms with Crippen molar-refractivity contribution >= 4 is 16.7 Å². The van der Waals surface area contributed by atoms with Crippen LogP contribution in [0.15, 0.2) is 66.7 Å². The molecule has 0 radical (unpaired) electrons. The Balaban J connectivity index is 1.67. The fourth-order valence-electron chi connectivity index (χ4n) is 2.55. The summed E-state index contributed by atoms with van der Waals surface area (Å²) >= 11 is 0. The Bertz CT molecular complexity index is 822. The Kier molecular flexibility index (Phi) is 5.08. The number of hydrogen-bond donors (Lipinski definition) is 2. The summed E-state index contributed by atoms with van der Waals surface area (Å²) in [4.78, 5) is 11.8. The zero-order valence-corrected chi connectivity index (χ0v) is 13.2. The number of ether oxygens (including phenoxy) is 1. The van der Waals surface area contributed by atoms with Crippen molar-refractivity contribution in [2.75, 3.05) is 13.2 Å². The summed E-state index contributed by atoms with van der Waals surface area (Å²) in [6.07, 6.45) is 0. The molecule has 0 fully saturated rings. The van der Waals surface area contributed by atoms with Crippen LogP contribution in [0.4, 0.5) is 0 Å². The summed E-state index contributed by atoms with van der Waals surface area (Å²) in [5.41, 5.74) is 1.67. The standard InChI is InChI=1S/C20H19NO3/c22-13-12-21-20(23)16-8-10-18(11-9-16)24-14-17-6-3-5-15-4-1-2-7-19(15)17/h1-11,22H,12-14H2,(H,21,23). The Morgan fingerprint density at radius 3 is 2.50 bits per heavy atom. The molecule has 0 aliphatic carbocycles. The average molecular weight is 321 g/mol. The van der Waals surface area contributed by atoms with E-state index < -0.39 is 0 Å². The molecule has 0 aliphatic heterocycles. The molecule has 0 aliphatic rings. The molecule has 0 bridgehead atoms. The van der Waals surface area contributed by atoms with Crippen LogP contribution in [0, 0.1) is 0 Å². The highest BCUT2D eigenvalue weighted by Crippen LogP contribution is 2.21. The number of carbonyl (C=O) groups is 1. The maximum Gasteiger partial charge on any atom is 0.251 e. The lowest BCUT2D eigenvalue weighted by molar-refractivity contribution is 0.0944. The molecule has 0 saturated heterocycles.